The first-order valence-corrected chi connectivity index (χ1v) is 6.31. The maximum absolute atomic E-state index is 12.8. The number of carboxylic acids is 1. The summed E-state index contributed by atoms with van der Waals surface area (Å²) < 4.78 is 13.4. The molecule has 7 heteroatoms. The highest BCUT2D eigenvalue weighted by molar-refractivity contribution is 7.21. The molecule has 2 N–H and O–H groups in total. The third-order valence-corrected chi connectivity index (χ3v) is 3.78. The normalized spacial score (nSPS) is 12.3. The molecule has 1 atom stereocenters. The number of thiophene rings is 1. The molecule has 0 saturated heterocycles. The van der Waals surface area contributed by atoms with E-state index >= 15 is 0 Å². The number of carbonyl (C=O) groups is 2. The first kappa shape index (κ1) is 13.4. The highest BCUT2D eigenvalue weighted by Gasteiger charge is 2.18. The number of fused-ring (bicyclic) bond motifs is 1. The minimum Gasteiger partial charge on any atom is -0.480 e. The van der Waals surface area contributed by atoms with Crippen LogP contribution >= 0.6 is 11.3 Å². The maximum atomic E-state index is 12.8. The Morgan fingerprint density at radius 2 is 2.32 bits per heavy atom. The number of aliphatic carboxylic acids is 1. The molecule has 2 aromatic rings. The number of rotatable bonds is 4. The van der Waals surface area contributed by atoms with Gasteiger partial charge in [-0.3, -0.25) is 14.6 Å². The molecule has 0 aliphatic heterocycles. The van der Waals surface area contributed by atoms with Crippen LogP contribution in [0.25, 0.3) is 10.2 Å². The van der Waals surface area contributed by atoms with E-state index in [0.29, 0.717) is 20.7 Å². The molecule has 0 aromatic carbocycles. The van der Waals surface area contributed by atoms with E-state index in [1.165, 1.54) is 19.2 Å². The second-order valence-electron chi connectivity index (χ2n) is 3.96. The Morgan fingerprint density at radius 1 is 1.58 bits per heavy atom. The summed E-state index contributed by atoms with van der Waals surface area (Å²) in [6, 6.07) is 2.11. The minimum atomic E-state index is -1.11. The number of hydrogen-bond acceptors (Lipinski definition) is 4. The quantitative estimate of drug-likeness (QED) is 0.898. The van der Waals surface area contributed by atoms with Gasteiger partial charge < -0.3 is 10.4 Å². The molecule has 0 aliphatic carbocycles. The van der Waals surface area contributed by atoms with E-state index in [2.05, 4.69) is 10.3 Å². The third kappa shape index (κ3) is 2.70. The average Bonchev–Trinajstić information content (AvgIpc) is 2.82. The van der Waals surface area contributed by atoms with Gasteiger partial charge >= 0.3 is 5.97 Å². The van der Waals surface area contributed by atoms with E-state index in [-0.39, 0.29) is 0 Å². The third-order valence-electron chi connectivity index (χ3n) is 2.58. The number of halogens is 1. The van der Waals surface area contributed by atoms with Crippen LogP contribution in [0.4, 0.5) is 4.39 Å². The van der Waals surface area contributed by atoms with Gasteiger partial charge in [-0.25, -0.2) is 4.39 Å². The number of amides is 1. The van der Waals surface area contributed by atoms with E-state index in [1.54, 1.807) is 6.07 Å². The Balaban J connectivity index is 2.31. The van der Waals surface area contributed by atoms with Crippen LogP contribution in [-0.2, 0) is 11.5 Å². The Bertz CT molecular complexity index is 641. The van der Waals surface area contributed by atoms with Gasteiger partial charge in [0.15, 0.2) is 0 Å². The van der Waals surface area contributed by atoms with Crippen molar-refractivity contribution >= 4 is 33.4 Å². The Kier molecular flexibility index (Phi) is 3.75. The minimum absolute atomic E-state index is 0.316. The molecule has 2 aromatic heterocycles. The van der Waals surface area contributed by atoms with Gasteiger partial charge in [0.2, 0.25) is 0 Å². The van der Waals surface area contributed by atoms with Gasteiger partial charge in [0.1, 0.15) is 12.7 Å². The molecule has 100 valence electrons. The fraction of sp³-hybridized carbons (Fsp3) is 0.250. The zero-order chi connectivity index (χ0) is 14.0. The van der Waals surface area contributed by atoms with Crippen molar-refractivity contribution in [3.8, 4) is 0 Å². The van der Waals surface area contributed by atoms with Crippen molar-refractivity contribution in [2.24, 2.45) is 0 Å². The maximum Gasteiger partial charge on any atom is 0.325 e. The van der Waals surface area contributed by atoms with Crippen LogP contribution in [-0.4, -0.2) is 28.0 Å². The van der Waals surface area contributed by atoms with Gasteiger partial charge in [-0.15, -0.1) is 11.3 Å². The van der Waals surface area contributed by atoms with Gasteiger partial charge in [-0.2, -0.15) is 0 Å². The lowest BCUT2D eigenvalue weighted by Gasteiger charge is -2.07. The van der Waals surface area contributed by atoms with Crippen LogP contribution < -0.4 is 5.32 Å². The molecule has 0 aliphatic rings. The standard InChI is InChI=1S/C12H11FN2O3S/c1-6(12(17)18)15-11(16)9-4-8-10(19-9)7(5-13)2-3-14-8/h2-4,6H,5H2,1H3,(H,15,16)(H,17,18). The molecule has 2 rings (SSSR count). The Hall–Kier alpha value is -2.02. The second kappa shape index (κ2) is 5.31. The predicted molar refractivity (Wildman–Crippen MR) is 69.0 cm³/mol. The van der Waals surface area contributed by atoms with Gasteiger partial charge in [0.05, 0.1) is 15.1 Å². The predicted octanol–water partition coefficient (Wildman–Crippen LogP) is 1.97. The fourth-order valence-corrected chi connectivity index (χ4v) is 2.55. The largest absolute Gasteiger partial charge is 0.480 e. The molecule has 0 radical (unpaired) electrons. The van der Waals surface area contributed by atoms with Crippen molar-refractivity contribution in [1.82, 2.24) is 10.3 Å². The van der Waals surface area contributed by atoms with E-state index < -0.39 is 24.6 Å². The summed E-state index contributed by atoms with van der Waals surface area (Å²) in [4.78, 5) is 26.9. The fourth-order valence-electron chi connectivity index (χ4n) is 1.54. The van der Waals surface area contributed by atoms with Gasteiger partial charge in [0.25, 0.3) is 5.91 Å². The van der Waals surface area contributed by atoms with Crippen LogP contribution in [0.2, 0.25) is 0 Å². The number of hydrogen-bond donors (Lipinski definition) is 2. The van der Waals surface area contributed by atoms with E-state index in [1.807, 2.05) is 0 Å². The van der Waals surface area contributed by atoms with E-state index in [0.717, 1.165) is 11.3 Å². The zero-order valence-corrected chi connectivity index (χ0v) is 10.8. The number of aromatic nitrogens is 1. The van der Waals surface area contributed by atoms with Crippen molar-refractivity contribution in [2.75, 3.05) is 0 Å². The summed E-state index contributed by atoms with van der Waals surface area (Å²) in [6.07, 6.45) is 1.48. The summed E-state index contributed by atoms with van der Waals surface area (Å²) in [7, 11) is 0. The highest BCUT2D eigenvalue weighted by Crippen LogP contribution is 2.27. The molecule has 0 fully saturated rings. The van der Waals surface area contributed by atoms with Gasteiger partial charge in [0, 0.05) is 11.8 Å². The molecule has 1 amide bonds. The Morgan fingerprint density at radius 3 is 2.95 bits per heavy atom. The molecule has 19 heavy (non-hydrogen) atoms. The summed E-state index contributed by atoms with van der Waals surface area (Å²) in [5.74, 6) is -1.61. The average molecular weight is 282 g/mol. The van der Waals surface area contributed by atoms with Crippen LogP contribution in [0.3, 0.4) is 0 Å². The van der Waals surface area contributed by atoms with Crippen LogP contribution in [0.1, 0.15) is 22.2 Å². The van der Waals surface area contributed by atoms with Crippen LogP contribution in [0.15, 0.2) is 18.3 Å². The summed E-state index contributed by atoms with van der Waals surface area (Å²) >= 11 is 1.10. The topological polar surface area (TPSA) is 79.3 Å². The lowest BCUT2D eigenvalue weighted by Crippen LogP contribution is -2.37. The molecule has 0 spiro atoms. The van der Waals surface area contributed by atoms with Gasteiger partial charge in [-0.05, 0) is 19.1 Å². The molecule has 5 nitrogen and oxygen atoms in total. The summed E-state index contributed by atoms with van der Waals surface area (Å²) in [5.41, 5.74) is 1.01. The molecular weight excluding hydrogens is 271 g/mol. The SMILES string of the molecule is CC(NC(=O)c1cc2nccc(CF)c2s1)C(=O)O. The number of carbonyl (C=O) groups excluding carboxylic acids is 1. The van der Waals surface area contributed by atoms with Crippen molar-refractivity contribution in [3.63, 3.8) is 0 Å². The molecule has 2 heterocycles. The second-order valence-corrected chi connectivity index (χ2v) is 5.01. The Labute approximate surface area is 112 Å². The van der Waals surface area contributed by atoms with Crippen molar-refractivity contribution in [3.05, 3.63) is 28.8 Å². The zero-order valence-electron chi connectivity index (χ0n) is 10.0. The molecule has 1 unspecified atom stereocenters. The first-order valence-electron chi connectivity index (χ1n) is 5.50. The van der Waals surface area contributed by atoms with Crippen molar-refractivity contribution in [1.29, 1.82) is 0 Å². The van der Waals surface area contributed by atoms with Crippen molar-refractivity contribution < 1.29 is 19.1 Å². The lowest BCUT2D eigenvalue weighted by molar-refractivity contribution is -0.138. The monoisotopic (exact) mass is 282 g/mol. The van der Waals surface area contributed by atoms with Crippen LogP contribution in [0, 0.1) is 0 Å². The van der Waals surface area contributed by atoms with E-state index in [4.69, 9.17) is 5.11 Å². The molecule has 0 saturated carbocycles. The summed E-state index contributed by atoms with van der Waals surface area (Å²) in [5, 5.41) is 11.1. The number of nitrogens with one attached hydrogen (secondary N) is 1. The van der Waals surface area contributed by atoms with Gasteiger partial charge in [-0.1, -0.05) is 0 Å². The lowest BCUT2D eigenvalue weighted by atomic mass is 10.2. The first-order chi connectivity index (χ1) is 9.02. The number of nitrogens with zero attached hydrogens (tertiary/aromatic N) is 1. The number of alkyl halides is 1. The smallest absolute Gasteiger partial charge is 0.325 e. The van der Waals surface area contributed by atoms with E-state index in [9.17, 15) is 14.0 Å². The summed E-state index contributed by atoms with van der Waals surface area (Å²) in [6.45, 7) is 0.741. The molecular formula is C12H11FN2O3S. The highest BCUT2D eigenvalue weighted by atomic mass is 32.1. The van der Waals surface area contributed by atoms with Crippen LogP contribution in [0.5, 0.6) is 0 Å². The number of carboxylic acid groups (broad SMARTS) is 1. The van der Waals surface area contributed by atoms with Crippen molar-refractivity contribution in [2.45, 2.75) is 19.6 Å². The molecule has 0 bridgehead atoms. The number of pyridine rings is 1.